The predicted molar refractivity (Wildman–Crippen MR) is 260 cm³/mol. The fraction of sp³-hybridized carbons (Fsp3) is 0.377. The molecule has 3 fully saturated rings. The molecule has 7 aromatic rings. The molecule has 3 unspecified atom stereocenters. The van der Waals surface area contributed by atoms with Gasteiger partial charge in [0.15, 0.2) is 11.8 Å². The second-order valence-electron chi connectivity index (χ2n) is 20.6. The van der Waals surface area contributed by atoms with Gasteiger partial charge in [0.2, 0.25) is 5.82 Å². The van der Waals surface area contributed by atoms with Crippen molar-refractivity contribution < 1.29 is 28.3 Å². The molecule has 2 aliphatic carbocycles. The fourth-order valence-corrected chi connectivity index (χ4v) is 12.4. The van der Waals surface area contributed by atoms with Crippen LogP contribution in [-0.2, 0) is 22.1 Å². The van der Waals surface area contributed by atoms with Gasteiger partial charge < -0.3 is 19.3 Å². The maximum Gasteiger partial charge on any atom is 0.438 e. The van der Waals surface area contributed by atoms with Gasteiger partial charge in [0.1, 0.15) is 22.9 Å². The number of aromatic nitrogens is 7. The number of carbonyl (C=O) groups is 1. The van der Waals surface area contributed by atoms with Crippen LogP contribution in [0, 0.1) is 31.0 Å². The normalized spacial score (nSPS) is 25.6. The second-order valence-corrected chi connectivity index (χ2v) is 20.6. The minimum atomic E-state index is -0.996. The number of aromatic amines is 1. The molecule has 6 atom stereocenters. The summed E-state index contributed by atoms with van der Waals surface area (Å²) in [6.07, 6.45) is 10.0. The first-order chi connectivity index (χ1) is 33.6. The van der Waals surface area contributed by atoms with Crippen LogP contribution in [0.15, 0.2) is 101 Å². The first-order valence-corrected chi connectivity index (χ1v) is 23.9. The molecule has 0 radical (unpaired) electrons. The number of nitrogens with zero attached hydrogens (tertiary/aromatic N) is 9. The molecule has 70 heavy (non-hydrogen) atoms. The zero-order chi connectivity index (χ0) is 48.8. The highest BCUT2D eigenvalue weighted by Crippen LogP contribution is 2.82. The van der Waals surface area contributed by atoms with E-state index >= 15 is 9.18 Å². The molecule has 7 heterocycles. The number of amides is 1. The molecule has 3 aromatic carbocycles. The summed E-state index contributed by atoms with van der Waals surface area (Å²) in [6.45, 7) is 14.6. The molecule has 0 bridgehead atoms. The minimum absolute atomic E-state index is 0.0551. The number of halogens is 1. The first kappa shape index (κ1) is 43.9. The summed E-state index contributed by atoms with van der Waals surface area (Å²) in [5, 5.41) is 26.3. The molecule has 17 heteroatoms. The number of ether oxygens (including phenoxy) is 1. The number of aliphatic hydroxyl groups excluding tert-OH is 1. The van der Waals surface area contributed by atoms with Crippen LogP contribution in [0.4, 0.5) is 15.9 Å². The van der Waals surface area contributed by atoms with Crippen molar-refractivity contribution in [2.24, 2.45) is 18.4 Å². The monoisotopic (exact) mass is 944 g/mol. The van der Waals surface area contributed by atoms with Crippen molar-refractivity contribution in [3.8, 4) is 5.69 Å². The number of hydrogen-bond acceptors (Lipinski definition) is 11. The number of anilines is 2. The number of H-pyrrole nitrogens is 1. The first-order valence-electron chi connectivity index (χ1n) is 23.9. The van der Waals surface area contributed by atoms with E-state index in [0.717, 1.165) is 40.2 Å². The molecule has 2 saturated carbocycles. The van der Waals surface area contributed by atoms with Crippen LogP contribution in [0.3, 0.4) is 0 Å². The molecule has 1 spiro atoms. The van der Waals surface area contributed by atoms with Crippen LogP contribution in [0.2, 0.25) is 0 Å². The van der Waals surface area contributed by atoms with E-state index in [-0.39, 0.29) is 48.1 Å². The molecule has 2 N–H and O–H groups in total. The van der Waals surface area contributed by atoms with Crippen LogP contribution in [-0.4, -0.2) is 81.5 Å². The molecule has 16 nitrogen and oxygen atoms in total. The number of nitrogens with one attached hydrogen (secondary N) is 1. The van der Waals surface area contributed by atoms with Gasteiger partial charge >= 0.3 is 5.76 Å². The molecule has 4 aromatic heterocycles. The highest BCUT2D eigenvalue weighted by molar-refractivity contribution is 6.00. The van der Waals surface area contributed by atoms with Gasteiger partial charge in [0.25, 0.3) is 5.91 Å². The van der Waals surface area contributed by atoms with Crippen molar-refractivity contribution in [3.63, 3.8) is 0 Å². The minimum Gasteiger partial charge on any atom is -0.396 e. The van der Waals surface area contributed by atoms with E-state index in [1.54, 1.807) is 69.8 Å². The number of rotatable bonds is 9. The average Bonchev–Trinajstić information content (AvgIpc) is 3.71. The molecule has 12 rings (SSSR count). The van der Waals surface area contributed by atoms with E-state index in [9.17, 15) is 14.7 Å². The molecular formula is C53H53FN10O6. The second kappa shape index (κ2) is 15.3. The van der Waals surface area contributed by atoms with E-state index in [2.05, 4.69) is 59.8 Å². The van der Waals surface area contributed by atoms with Gasteiger partial charge in [0, 0.05) is 78.1 Å². The van der Waals surface area contributed by atoms with Crippen molar-refractivity contribution in [3.05, 3.63) is 148 Å². The third-order valence-corrected chi connectivity index (χ3v) is 16.1. The molecule has 1 saturated heterocycles. The maximum absolute atomic E-state index is 16.0. The van der Waals surface area contributed by atoms with E-state index < -0.39 is 28.7 Å². The number of carbonyl (C=O) groups excluding carboxylic acids is 2. The lowest BCUT2D eigenvalue weighted by Gasteiger charge is -2.38. The van der Waals surface area contributed by atoms with Crippen molar-refractivity contribution in [2.75, 3.05) is 29.6 Å². The Morgan fingerprint density at radius 3 is 2.50 bits per heavy atom. The van der Waals surface area contributed by atoms with Gasteiger partial charge in [0.05, 0.1) is 34.7 Å². The Balaban J connectivity index is 1.02. The van der Waals surface area contributed by atoms with Gasteiger partial charge in [-0.1, -0.05) is 17.3 Å². The standard InChI is InChI=1S/C53H53FN10O6/c1-8-32-25-62(48(67)42-21-35-19-33(34-13-16-69-51(5,6)22-34)9-11-41(35)63(42)53(49-56-50(68)70-58-49)28-52(53)23-37(52)26-65)31(4)44-46(32)57-64(39-17-29(2)45(54)30(3)18-39)47(44)61-15-14-60(43(61)27-66)38-10-12-40-36(20-38)24-55-59(40)7/h8-12,14-15,17-21,24,31-32,34,37,65H,1,13,16,22-23,25-26,28H2,2-7H3,(H,56,58,68)/t31-,32?,34-,37?,52?,53-/m0/s1. The Morgan fingerprint density at radius 1 is 1.03 bits per heavy atom. The van der Waals surface area contributed by atoms with Gasteiger partial charge in [-0.15, -0.1) is 6.58 Å². The molecule has 1 amide bonds. The molecule has 358 valence electrons. The van der Waals surface area contributed by atoms with Gasteiger partial charge in [-0.2, -0.15) is 10.2 Å². The van der Waals surface area contributed by atoms with Crippen LogP contribution in [0.5, 0.6) is 0 Å². The van der Waals surface area contributed by atoms with E-state index in [0.29, 0.717) is 70.5 Å². The van der Waals surface area contributed by atoms with Crippen LogP contribution >= 0.6 is 0 Å². The SMILES string of the molecule is C=CC1CN(C(=O)c2cc3cc([C@H]4CCOC(C)(C)C4)ccc3n2[C@]2(c3noc(=O)[nH]3)CC23CC3CO)[C@@H](C)c2c1nn(-c1cc(C)c(F)c(C)c1)c2N1C=CN(c2ccc3c(cnn3C)c2)C1=C=O. The van der Waals surface area contributed by atoms with Crippen molar-refractivity contribution in [1.82, 2.24) is 39.2 Å². The third kappa shape index (κ3) is 6.27. The number of aliphatic hydroxyl groups is 1. The summed E-state index contributed by atoms with van der Waals surface area (Å²) < 4.78 is 32.1. The zero-order valence-electron chi connectivity index (χ0n) is 39.9. The number of hydrogen-bond donors (Lipinski definition) is 2. The summed E-state index contributed by atoms with van der Waals surface area (Å²) in [4.78, 5) is 50.3. The van der Waals surface area contributed by atoms with E-state index in [1.807, 2.05) is 47.7 Å². The zero-order valence-corrected chi connectivity index (χ0v) is 39.9. The Hall–Kier alpha value is -7.33. The summed E-state index contributed by atoms with van der Waals surface area (Å²) >= 11 is 0. The third-order valence-electron chi connectivity index (χ3n) is 16.1. The lowest BCUT2D eigenvalue weighted by atomic mass is 9.83. The van der Waals surface area contributed by atoms with Gasteiger partial charge in [-0.3, -0.25) is 28.8 Å². The highest BCUT2D eigenvalue weighted by Gasteiger charge is 2.83. The lowest BCUT2D eigenvalue weighted by Crippen LogP contribution is -2.42. The van der Waals surface area contributed by atoms with Crippen LogP contribution < -0.4 is 15.6 Å². The fourth-order valence-electron chi connectivity index (χ4n) is 12.4. The summed E-state index contributed by atoms with van der Waals surface area (Å²) in [6, 6.07) is 16.9. The Morgan fingerprint density at radius 2 is 1.80 bits per heavy atom. The van der Waals surface area contributed by atoms with Crippen LogP contribution in [0.1, 0.15) is 109 Å². The molecular weight excluding hydrogens is 892 g/mol. The summed E-state index contributed by atoms with van der Waals surface area (Å²) in [7, 11) is 1.87. The van der Waals surface area contributed by atoms with Crippen LogP contribution in [0.25, 0.3) is 27.5 Å². The lowest BCUT2D eigenvalue weighted by molar-refractivity contribution is -0.0592. The Labute approximate surface area is 401 Å². The number of aryl methyl sites for hydroxylation is 3. The topological polar surface area (TPSA) is 173 Å². The summed E-state index contributed by atoms with van der Waals surface area (Å²) in [5.41, 5.74) is 4.92. The average molecular weight is 945 g/mol. The predicted octanol–water partition coefficient (Wildman–Crippen LogP) is 7.92. The Kier molecular flexibility index (Phi) is 9.62. The van der Waals surface area contributed by atoms with Crippen molar-refractivity contribution in [2.45, 2.75) is 89.3 Å². The quantitative estimate of drug-likeness (QED) is 0.106. The van der Waals surface area contributed by atoms with Gasteiger partial charge in [-0.05, 0) is 137 Å². The Bertz CT molecular complexity index is 3490. The van der Waals surface area contributed by atoms with Crippen molar-refractivity contribution >= 4 is 45.2 Å². The van der Waals surface area contributed by atoms with E-state index in [4.69, 9.17) is 14.4 Å². The smallest absolute Gasteiger partial charge is 0.396 e. The highest BCUT2D eigenvalue weighted by atomic mass is 19.1. The van der Waals surface area contributed by atoms with Gasteiger partial charge in [-0.25, -0.2) is 18.7 Å². The molecule has 5 aliphatic rings. The largest absolute Gasteiger partial charge is 0.438 e. The number of benzene rings is 3. The summed E-state index contributed by atoms with van der Waals surface area (Å²) in [5.74, 6) is 1.50. The van der Waals surface area contributed by atoms with Crippen molar-refractivity contribution in [1.29, 1.82) is 0 Å². The number of fused-ring (bicyclic) bond motifs is 3. The van der Waals surface area contributed by atoms with E-state index in [1.165, 1.54) is 0 Å². The maximum atomic E-state index is 16.0. The molecule has 3 aliphatic heterocycles.